The number of nitrogens with two attached hydrogens (primary N) is 1. The summed E-state index contributed by atoms with van der Waals surface area (Å²) in [5, 5.41) is 11.6. The van der Waals surface area contributed by atoms with E-state index in [2.05, 4.69) is 10.5 Å². The van der Waals surface area contributed by atoms with Gasteiger partial charge in [-0.1, -0.05) is 5.16 Å². The normalized spacial score (nSPS) is 11.5. The number of rotatable bonds is 7. The summed E-state index contributed by atoms with van der Waals surface area (Å²) in [7, 11) is -3.72. The van der Waals surface area contributed by atoms with Crippen molar-refractivity contribution in [1.29, 1.82) is 0 Å². The lowest BCUT2D eigenvalue weighted by atomic mass is 10.2. The Hall–Kier alpha value is -1.84. The highest BCUT2D eigenvalue weighted by atomic mass is 32.2. The number of amides is 1. The molecular weight excluding hydrogens is 350 g/mol. The minimum atomic E-state index is -3.72. The first-order chi connectivity index (χ1) is 11.3. The zero-order chi connectivity index (χ0) is 17.7. The van der Waals surface area contributed by atoms with Gasteiger partial charge in [-0.05, 0) is 38.1 Å². The van der Waals surface area contributed by atoms with Gasteiger partial charge in [0.25, 0.3) is 0 Å². The second-order valence-electron chi connectivity index (χ2n) is 5.22. The van der Waals surface area contributed by atoms with Crippen LogP contribution in [-0.2, 0) is 20.6 Å². The molecule has 130 valence electrons. The van der Waals surface area contributed by atoms with E-state index in [1.807, 2.05) is 13.8 Å². The number of hydrogen-bond acceptors (Lipinski definition) is 6. The molecule has 0 fully saturated rings. The van der Waals surface area contributed by atoms with Crippen LogP contribution in [0, 0.1) is 13.8 Å². The van der Waals surface area contributed by atoms with Gasteiger partial charge in [0.1, 0.15) is 5.76 Å². The third-order valence-corrected chi connectivity index (χ3v) is 5.28. The summed E-state index contributed by atoms with van der Waals surface area (Å²) in [6.45, 7) is 3.76. The lowest BCUT2D eigenvalue weighted by Crippen LogP contribution is -2.14. The molecule has 0 spiro atoms. The van der Waals surface area contributed by atoms with E-state index in [1.54, 1.807) is 11.8 Å². The molecule has 2 rings (SSSR count). The molecule has 2 aromatic rings. The SMILES string of the molecule is Cc1noc(C)c1CSCCC(=O)Nc1ccc(S(N)(=O)=O)cc1. The summed E-state index contributed by atoms with van der Waals surface area (Å²) >= 11 is 1.63. The van der Waals surface area contributed by atoms with Gasteiger partial charge in [-0.3, -0.25) is 4.79 Å². The fourth-order valence-corrected chi connectivity index (χ4v) is 3.60. The van der Waals surface area contributed by atoms with E-state index < -0.39 is 10.0 Å². The highest BCUT2D eigenvalue weighted by molar-refractivity contribution is 7.98. The van der Waals surface area contributed by atoms with E-state index in [0.29, 0.717) is 17.9 Å². The van der Waals surface area contributed by atoms with Gasteiger partial charge in [-0.25, -0.2) is 13.6 Å². The number of aryl methyl sites for hydroxylation is 2. The molecule has 3 N–H and O–H groups in total. The molecule has 0 saturated carbocycles. The maximum absolute atomic E-state index is 11.9. The van der Waals surface area contributed by atoms with Crippen molar-refractivity contribution in [2.24, 2.45) is 5.14 Å². The average molecular weight is 369 g/mol. The van der Waals surface area contributed by atoms with Crippen molar-refractivity contribution in [2.75, 3.05) is 11.1 Å². The van der Waals surface area contributed by atoms with Crippen LogP contribution in [0.1, 0.15) is 23.4 Å². The van der Waals surface area contributed by atoms with Gasteiger partial charge in [0.05, 0.1) is 10.6 Å². The molecule has 0 saturated heterocycles. The van der Waals surface area contributed by atoms with E-state index in [0.717, 1.165) is 22.8 Å². The van der Waals surface area contributed by atoms with Crippen LogP contribution >= 0.6 is 11.8 Å². The molecule has 0 atom stereocenters. The molecule has 24 heavy (non-hydrogen) atoms. The van der Waals surface area contributed by atoms with Crippen molar-refractivity contribution in [3.8, 4) is 0 Å². The fraction of sp³-hybridized carbons (Fsp3) is 0.333. The van der Waals surface area contributed by atoms with Crippen LogP contribution in [0.15, 0.2) is 33.7 Å². The number of thioether (sulfide) groups is 1. The minimum absolute atomic E-state index is 0.00974. The average Bonchev–Trinajstić information content (AvgIpc) is 2.82. The van der Waals surface area contributed by atoms with Gasteiger partial charge in [0.15, 0.2) is 0 Å². The Balaban J connectivity index is 1.77. The molecular formula is C15H19N3O4S2. The summed E-state index contributed by atoms with van der Waals surface area (Å²) in [5.74, 6) is 2.08. The van der Waals surface area contributed by atoms with Gasteiger partial charge in [-0.2, -0.15) is 11.8 Å². The van der Waals surface area contributed by atoms with Crippen LogP contribution in [-0.4, -0.2) is 25.2 Å². The molecule has 0 aliphatic heterocycles. The highest BCUT2D eigenvalue weighted by Gasteiger charge is 2.10. The Labute approximate surface area is 145 Å². The van der Waals surface area contributed by atoms with Crippen molar-refractivity contribution in [3.63, 3.8) is 0 Å². The van der Waals surface area contributed by atoms with Gasteiger partial charge in [0.2, 0.25) is 15.9 Å². The Morgan fingerprint density at radius 2 is 1.96 bits per heavy atom. The minimum Gasteiger partial charge on any atom is -0.361 e. The van der Waals surface area contributed by atoms with Crippen LogP contribution in [0.25, 0.3) is 0 Å². The van der Waals surface area contributed by atoms with Crippen molar-refractivity contribution in [3.05, 3.63) is 41.3 Å². The molecule has 1 amide bonds. The first-order valence-corrected chi connectivity index (χ1v) is 9.89. The van der Waals surface area contributed by atoms with Crippen LogP contribution in [0.4, 0.5) is 5.69 Å². The monoisotopic (exact) mass is 369 g/mol. The van der Waals surface area contributed by atoms with Crippen LogP contribution in [0.3, 0.4) is 0 Å². The van der Waals surface area contributed by atoms with Crippen molar-refractivity contribution >= 4 is 33.4 Å². The molecule has 0 radical (unpaired) electrons. The predicted molar refractivity (Wildman–Crippen MR) is 93.2 cm³/mol. The fourth-order valence-electron chi connectivity index (χ4n) is 2.00. The smallest absolute Gasteiger partial charge is 0.238 e. The topological polar surface area (TPSA) is 115 Å². The summed E-state index contributed by atoms with van der Waals surface area (Å²) in [4.78, 5) is 11.9. The van der Waals surface area contributed by atoms with E-state index in [4.69, 9.17) is 9.66 Å². The number of nitrogens with one attached hydrogen (secondary N) is 1. The van der Waals surface area contributed by atoms with E-state index >= 15 is 0 Å². The molecule has 1 heterocycles. The molecule has 9 heteroatoms. The summed E-state index contributed by atoms with van der Waals surface area (Å²) in [5.41, 5.74) is 2.47. The number of sulfonamides is 1. The molecule has 0 aliphatic rings. The standard InChI is InChI=1S/C15H19N3O4S2/c1-10-14(11(2)22-18-10)9-23-8-7-15(19)17-12-3-5-13(6-4-12)24(16,20)21/h3-6H,7-9H2,1-2H3,(H,17,19)(H2,16,20,21). The Morgan fingerprint density at radius 3 is 2.50 bits per heavy atom. The predicted octanol–water partition coefficient (Wildman–Crippen LogP) is 2.20. The molecule has 0 aliphatic carbocycles. The maximum Gasteiger partial charge on any atom is 0.238 e. The lowest BCUT2D eigenvalue weighted by molar-refractivity contribution is -0.115. The molecule has 0 unspecified atom stereocenters. The number of carbonyl (C=O) groups is 1. The lowest BCUT2D eigenvalue weighted by Gasteiger charge is -2.06. The molecule has 1 aromatic heterocycles. The number of benzene rings is 1. The number of carbonyl (C=O) groups excluding carboxylic acids is 1. The maximum atomic E-state index is 11.9. The second kappa shape index (κ2) is 7.82. The van der Waals surface area contributed by atoms with Gasteiger partial charge >= 0.3 is 0 Å². The van der Waals surface area contributed by atoms with Crippen LogP contribution in [0.2, 0.25) is 0 Å². The van der Waals surface area contributed by atoms with E-state index in [-0.39, 0.29) is 10.8 Å². The third kappa shape index (κ3) is 5.08. The van der Waals surface area contributed by atoms with Crippen molar-refractivity contribution in [1.82, 2.24) is 5.16 Å². The van der Waals surface area contributed by atoms with Gasteiger partial charge in [-0.15, -0.1) is 0 Å². The van der Waals surface area contributed by atoms with E-state index in [9.17, 15) is 13.2 Å². The van der Waals surface area contributed by atoms with E-state index in [1.165, 1.54) is 24.3 Å². The largest absolute Gasteiger partial charge is 0.361 e. The Bertz CT molecular complexity index is 794. The third-order valence-electron chi connectivity index (χ3n) is 3.37. The first-order valence-electron chi connectivity index (χ1n) is 7.19. The molecule has 1 aromatic carbocycles. The Morgan fingerprint density at radius 1 is 1.29 bits per heavy atom. The quantitative estimate of drug-likeness (QED) is 0.723. The zero-order valence-corrected chi connectivity index (χ0v) is 15.0. The van der Waals surface area contributed by atoms with Crippen molar-refractivity contribution in [2.45, 2.75) is 30.9 Å². The number of hydrogen-bond donors (Lipinski definition) is 2. The van der Waals surface area contributed by atoms with Crippen LogP contribution < -0.4 is 10.5 Å². The van der Waals surface area contributed by atoms with Crippen LogP contribution in [0.5, 0.6) is 0 Å². The summed E-state index contributed by atoms with van der Waals surface area (Å²) < 4.78 is 27.4. The zero-order valence-electron chi connectivity index (χ0n) is 13.4. The number of nitrogens with zero attached hydrogens (tertiary/aromatic N) is 1. The molecule has 7 nitrogen and oxygen atoms in total. The number of primary sulfonamides is 1. The number of anilines is 1. The van der Waals surface area contributed by atoms with Gasteiger partial charge < -0.3 is 9.84 Å². The summed E-state index contributed by atoms with van der Waals surface area (Å²) in [6.07, 6.45) is 0.352. The number of aromatic nitrogens is 1. The molecule has 0 bridgehead atoms. The Kier molecular flexibility index (Phi) is 6.03. The van der Waals surface area contributed by atoms with Crippen molar-refractivity contribution < 1.29 is 17.7 Å². The first kappa shape index (κ1) is 18.5. The van der Waals surface area contributed by atoms with Gasteiger partial charge in [0, 0.05) is 29.2 Å². The highest BCUT2D eigenvalue weighted by Crippen LogP contribution is 2.20. The summed E-state index contributed by atoms with van der Waals surface area (Å²) in [6, 6.07) is 5.73. The second-order valence-corrected chi connectivity index (χ2v) is 7.89.